The summed E-state index contributed by atoms with van der Waals surface area (Å²) in [6.45, 7) is 0.200. The quantitative estimate of drug-likeness (QED) is 0.901. The van der Waals surface area contributed by atoms with Crippen LogP contribution in [0, 0.1) is 5.92 Å². The van der Waals surface area contributed by atoms with E-state index in [1.165, 1.54) is 6.42 Å². The van der Waals surface area contributed by atoms with Crippen LogP contribution in [0.4, 0.5) is 5.69 Å². The first-order valence-corrected chi connectivity index (χ1v) is 7.02. The molecule has 1 aliphatic heterocycles. The Balaban J connectivity index is 1.74. The molecule has 0 radical (unpaired) electrons. The lowest BCUT2D eigenvalue weighted by Gasteiger charge is -2.21. The molecule has 102 valence electrons. The summed E-state index contributed by atoms with van der Waals surface area (Å²) < 4.78 is 10.5. The van der Waals surface area contributed by atoms with Crippen molar-refractivity contribution in [3.05, 3.63) is 17.2 Å². The fourth-order valence-corrected chi connectivity index (χ4v) is 2.81. The first-order valence-electron chi connectivity index (χ1n) is 6.64. The Morgan fingerprint density at radius 2 is 1.84 bits per heavy atom. The van der Waals surface area contributed by atoms with Crippen molar-refractivity contribution >= 4 is 23.2 Å². The lowest BCUT2D eigenvalue weighted by Crippen LogP contribution is -2.24. The van der Waals surface area contributed by atoms with Crippen molar-refractivity contribution in [3.8, 4) is 11.5 Å². The Kier molecular flexibility index (Phi) is 3.51. The average Bonchev–Trinajstić information content (AvgIpc) is 2.87. The largest absolute Gasteiger partial charge is 0.454 e. The number of anilines is 1. The van der Waals surface area contributed by atoms with E-state index in [1.54, 1.807) is 12.1 Å². The van der Waals surface area contributed by atoms with Gasteiger partial charge in [-0.15, -0.1) is 0 Å². The van der Waals surface area contributed by atoms with Gasteiger partial charge in [0.05, 0.1) is 10.7 Å². The van der Waals surface area contributed by atoms with Crippen molar-refractivity contribution in [1.82, 2.24) is 0 Å². The van der Waals surface area contributed by atoms with E-state index in [2.05, 4.69) is 5.32 Å². The SMILES string of the molecule is O=C(Nc1cc2c(cc1Cl)OCO2)C1CCCCC1. The Bertz CT molecular complexity index is 498. The standard InChI is InChI=1S/C14H16ClNO3/c15-10-6-12-13(19-8-18-12)7-11(10)16-14(17)9-4-2-1-3-5-9/h6-7,9H,1-5,8H2,(H,16,17). The summed E-state index contributed by atoms with van der Waals surface area (Å²) in [6.07, 6.45) is 5.43. The van der Waals surface area contributed by atoms with E-state index in [0.717, 1.165) is 25.7 Å². The second-order valence-electron chi connectivity index (χ2n) is 5.01. The molecule has 0 spiro atoms. The number of carbonyl (C=O) groups excluding carboxylic acids is 1. The summed E-state index contributed by atoms with van der Waals surface area (Å²) in [5.74, 6) is 1.42. The van der Waals surface area contributed by atoms with Gasteiger partial charge in [-0.2, -0.15) is 0 Å². The molecule has 1 heterocycles. The molecular formula is C14H16ClNO3. The van der Waals surface area contributed by atoms with Crippen molar-refractivity contribution in [2.45, 2.75) is 32.1 Å². The van der Waals surface area contributed by atoms with Gasteiger partial charge in [-0.25, -0.2) is 0 Å². The van der Waals surface area contributed by atoms with E-state index in [-0.39, 0.29) is 18.6 Å². The van der Waals surface area contributed by atoms with Crippen LogP contribution < -0.4 is 14.8 Å². The minimum absolute atomic E-state index is 0.0560. The maximum Gasteiger partial charge on any atom is 0.231 e. The highest BCUT2D eigenvalue weighted by Crippen LogP contribution is 2.39. The predicted octanol–water partition coefficient (Wildman–Crippen LogP) is 3.59. The number of fused-ring (bicyclic) bond motifs is 1. The summed E-state index contributed by atoms with van der Waals surface area (Å²) in [5, 5.41) is 3.38. The van der Waals surface area contributed by atoms with Gasteiger partial charge in [0.15, 0.2) is 11.5 Å². The van der Waals surface area contributed by atoms with Gasteiger partial charge in [0.1, 0.15) is 0 Å². The van der Waals surface area contributed by atoms with Gasteiger partial charge in [-0.05, 0) is 12.8 Å². The molecule has 0 atom stereocenters. The molecule has 0 bridgehead atoms. The van der Waals surface area contributed by atoms with E-state index in [0.29, 0.717) is 22.2 Å². The molecule has 4 nitrogen and oxygen atoms in total. The molecule has 1 aromatic rings. The van der Waals surface area contributed by atoms with E-state index in [4.69, 9.17) is 21.1 Å². The molecule has 1 aliphatic carbocycles. The Morgan fingerprint density at radius 3 is 2.58 bits per heavy atom. The molecule has 1 amide bonds. The molecule has 5 heteroatoms. The fraction of sp³-hybridized carbons (Fsp3) is 0.500. The average molecular weight is 282 g/mol. The summed E-state index contributed by atoms with van der Waals surface area (Å²) in [5.41, 5.74) is 0.599. The molecule has 0 aromatic heterocycles. The van der Waals surface area contributed by atoms with E-state index in [9.17, 15) is 4.79 Å². The Morgan fingerprint density at radius 1 is 1.16 bits per heavy atom. The van der Waals surface area contributed by atoms with Gasteiger partial charge >= 0.3 is 0 Å². The van der Waals surface area contributed by atoms with Crippen LogP contribution in [0.1, 0.15) is 32.1 Å². The van der Waals surface area contributed by atoms with Crippen LogP contribution in [-0.2, 0) is 4.79 Å². The number of ether oxygens (including phenoxy) is 2. The highest BCUT2D eigenvalue weighted by atomic mass is 35.5. The van der Waals surface area contributed by atoms with Crippen LogP contribution in [0.5, 0.6) is 11.5 Å². The van der Waals surface area contributed by atoms with Crippen molar-refractivity contribution in [1.29, 1.82) is 0 Å². The second-order valence-corrected chi connectivity index (χ2v) is 5.42. The van der Waals surface area contributed by atoms with Crippen LogP contribution in [0.15, 0.2) is 12.1 Å². The van der Waals surface area contributed by atoms with Gasteiger partial charge in [-0.3, -0.25) is 4.79 Å². The van der Waals surface area contributed by atoms with Gasteiger partial charge in [0, 0.05) is 18.1 Å². The smallest absolute Gasteiger partial charge is 0.231 e. The van der Waals surface area contributed by atoms with E-state index >= 15 is 0 Å². The van der Waals surface area contributed by atoms with Crippen LogP contribution in [-0.4, -0.2) is 12.7 Å². The van der Waals surface area contributed by atoms with Gasteiger partial charge in [0.2, 0.25) is 12.7 Å². The third-order valence-corrected chi connectivity index (χ3v) is 4.01. The summed E-state index contributed by atoms with van der Waals surface area (Å²) in [7, 11) is 0. The maximum atomic E-state index is 12.2. The number of amides is 1. The zero-order chi connectivity index (χ0) is 13.2. The van der Waals surface area contributed by atoms with E-state index < -0.39 is 0 Å². The maximum absolute atomic E-state index is 12.2. The van der Waals surface area contributed by atoms with Gasteiger partial charge < -0.3 is 14.8 Å². The highest BCUT2D eigenvalue weighted by molar-refractivity contribution is 6.34. The molecule has 1 fully saturated rings. The van der Waals surface area contributed by atoms with Crippen LogP contribution >= 0.6 is 11.6 Å². The topological polar surface area (TPSA) is 47.6 Å². The zero-order valence-electron chi connectivity index (χ0n) is 10.6. The first kappa shape index (κ1) is 12.6. The molecule has 19 heavy (non-hydrogen) atoms. The molecule has 1 N–H and O–H groups in total. The molecule has 0 saturated heterocycles. The summed E-state index contributed by atoms with van der Waals surface area (Å²) in [6, 6.07) is 3.41. The van der Waals surface area contributed by atoms with Crippen LogP contribution in [0.3, 0.4) is 0 Å². The summed E-state index contributed by atoms with van der Waals surface area (Å²) >= 11 is 6.14. The lowest BCUT2D eigenvalue weighted by molar-refractivity contribution is -0.120. The van der Waals surface area contributed by atoms with Gasteiger partial charge in [0.25, 0.3) is 0 Å². The minimum atomic E-state index is 0.0560. The Hall–Kier alpha value is -1.42. The number of nitrogens with one attached hydrogen (secondary N) is 1. The normalized spacial score (nSPS) is 18.4. The van der Waals surface area contributed by atoms with Gasteiger partial charge in [-0.1, -0.05) is 30.9 Å². The number of benzene rings is 1. The summed E-state index contributed by atoms with van der Waals surface area (Å²) in [4.78, 5) is 12.2. The molecular weight excluding hydrogens is 266 g/mol. The minimum Gasteiger partial charge on any atom is -0.454 e. The number of rotatable bonds is 2. The number of hydrogen-bond donors (Lipinski definition) is 1. The zero-order valence-corrected chi connectivity index (χ0v) is 11.3. The van der Waals surface area contributed by atoms with Crippen molar-refractivity contribution in [2.24, 2.45) is 5.92 Å². The number of halogens is 1. The number of carbonyl (C=O) groups is 1. The molecule has 0 unspecified atom stereocenters. The first-order chi connectivity index (χ1) is 9.24. The molecule has 3 rings (SSSR count). The fourth-order valence-electron chi connectivity index (χ4n) is 2.61. The molecule has 2 aliphatic rings. The lowest BCUT2D eigenvalue weighted by atomic mass is 9.88. The Labute approximate surface area is 117 Å². The molecule has 1 aromatic carbocycles. The third-order valence-electron chi connectivity index (χ3n) is 3.70. The second kappa shape index (κ2) is 5.29. The number of hydrogen-bond acceptors (Lipinski definition) is 3. The van der Waals surface area contributed by atoms with E-state index in [1.807, 2.05) is 0 Å². The van der Waals surface area contributed by atoms with Crippen molar-refractivity contribution in [2.75, 3.05) is 12.1 Å². The molecule has 1 saturated carbocycles. The van der Waals surface area contributed by atoms with Crippen LogP contribution in [0.25, 0.3) is 0 Å². The predicted molar refractivity (Wildman–Crippen MR) is 72.8 cm³/mol. The highest BCUT2D eigenvalue weighted by Gasteiger charge is 2.23. The van der Waals surface area contributed by atoms with Crippen molar-refractivity contribution in [3.63, 3.8) is 0 Å². The van der Waals surface area contributed by atoms with Crippen molar-refractivity contribution < 1.29 is 14.3 Å². The van der Waals surface area contributed by atoms with Crippen LogP contribution in [0.2, 0.25) is 5.02 Å². The monoisotopic (exact) mass is 281 g/mol. The third kappa shape index (κ3) is 2.63.